The lowest BCUT2D eigenvalue weighted by atomic mass is 10.0. The maximum atomic E-state index is 11.4. The Balaban J connectivity index is 2.28. The van der Waals surface area contributed by atoms with Gasteiger partial charge in [-0.2, -0.15) is 0 Å². The van der Waals surface area contributed by atoms with E-state index < -0.39 is 5.97 Å². The highest BCUT2D eigenvalue weighted by molar-refractivity contribution is 6.33. The van der Waals surface area contributed by atoms with E-state index in [4.69, 9.17) is 11.6 Å². The molecule has 22 heavy (non-hydrogen) atoms. The lowest BCUT2D eigenvalue weighted by Crippen LogP contribution is -1.99. The van der Waals surface area contributed by atoms with Gasteiger partial charge in [-0.25, -0.2) is 4.79 Å². The fraction of sp³-hybridized carbons (Fsp3) is 0.167. The summed E-state index contributed by atoms with van der Waals surface area (Å²) in [6, 6.07) is 13.6. The average Bonchev–Trinajstić information content (AvgIpc) is 2.86. The summed E-state index contributed by atoms with van der Waals surface area (Å²) >= 11 is 6.27. The van der Waals surface area contributed by atoms with Gasteiger partial charge < -0.3 is 9.67 Å². The van der Waals surface area contributed by atoms with Crippen molar-refractivity contribution >= 4 is 28.5 Å². The number of fused-ring (bicyclic) bond motifs is 1. The van der Waals surface area contributed by atoms with Gasteiger partial charge >= 0.3 is 5.97 Å². The Morgan fingerprint density at radius 2 is 1.91 bits per heavy atom. The summed E-state index contributed by atoms with van der Waals surface area (Å²) < 4.78 is 1.99. The largest absolute Gasteiger partial charge is 0.478 e. The van der Waals surface area contributed by atoms with E-state index >= 15 is 0 Å². The summed E-state index contributed by atoms with van der Waals surface area (Å²) in [6.45, 7) is 4.07. The molecule has 0 amide bonds. The zero-order valence-electron chi connectivity index (χ0n) is 12.4. The van der Waals surface area contributed by atoms with Gasteiger partial charge in [-0.05, 0) is 31.5 Å². The van der Waals surface area contributed by atoms with Crippen LogP contribution in [0.2, 0.25) is 5.02 Å². The Morgan fingerprint density at radius 1 is 1.18 bits per heavy atom. The van der Waals surface area contributed by atoms with Crippen molar-refractivity contribution < 1.29 is 9.90 Å². The summed E-state index contributed by atoms with van der Waals surface area (Å²) in [5.74, 6) is -0.908. The molecule has 3 aromatic rings. The molecule has 0 unspecified atom stereocenters. The van der Waals surface area contributed by atoms with Gasteiger partial charge in [0.2, 0.25) is 0 Å². The normalized spacial score (nSPS) is 11.3. The third-order valence-electron chi connectivity index (χ3n) is 3.81. The molecule has 0 aliphatic carbocycles. The minimum atomic E-state index is -0.908. The van der Waals surface area contributed by atoms with E-state index in [1.807, 2.05) is 60.9 Å². The first kappa shape index (κ1) is 14.7. The second-order valence-corrected chi connectivity index (χ2v) is 5.97. The van der Waals surface area contributed by atoms with E-state index in [1.54, 1.807) is 6.20 Å². The first-order chi connectivity index (χ1) is 10.5. The van der Waals surface area contributed by atoms with Gasteiger partial charge in [-0.3, -0.25) is 0 Å². The number of aromatic carboxylic acids is 1. The fourth-order valence-electron chi connectivity index (χ4n) is 2.71. The van der Waals surface area contributed by atoms with Crippen LogP contribution >= 0.6 is 11.6 Å². The molecule has 4 heteroatoms. The van der Waals surface area contributed by atoms with Crippen molar-refractivity contribution in [3.05, 3.63) is 59.2 Å². The maximum Gasteiger partial charge on any atom is 0.337 e. The van der Waals surface area contributed by atoms with Crippen molar-refractivity contribution in [2.24, 2.45) is 0 Å². The van der Waals surface area contributed by atoms with Gasteiger partial charge in [0.05, 0.1) is 5.56 Å². The number of hydrogen-bond acceptors (Lipinski definition) is 1. The van der Waals surface area contributed by atoms with Gasteiger partial charge in [0.1, 0.15) is 0 Å². The monoisotopic (exact) mass is 313 g/mol. The van der Waals surface area contributed by atoms with Gasteiger partial charge in [0, 0.05) is 33.7 Å². The van der Waals surface area contributed by atoms with Gasteiger partial charge in [0.25, 0.3) is 0 Å². The predicted molar refractivity (Wildman–Crippen MR) is 89.7 cm³/mol. The number of carboxylic acids is 1. The molecule has 0 saturated heterocycles. The predicted octanol–water partition coefficient (Wildman–Crippen LogP) is 5.24. The number of carbonyl (C=O) groups is 1. The van der Waals surface area contributed by atoms with Crippen LogP contribution in [-0.4, -0.2) is 15.6 Å². The van der Waals surface area contributed by atoms with Crippen molar-refractivity contribution in [3.63, 3.8) is 0 Å². The molecule has 0 spiro atoms. The molecule has 2 aromatic carbocycles. The smallest absolute Gasteiger partial charge is 0.337 e. The van der Waals surface area contributed by atoms with E-state index in [0.29, 0.717) is 10.6 Å². The highest BCUT2D eigenvalue weighted by atomic mass is 35.5. The molecule has 0 bridgehead atoms. The van der Waals surface area contributed by atoms with Crippen LogP contribution in [0.1, 0.15) is 30.2 Å². The summed E-state index contributed by atoms with van der Waals surface area (Å²) in [4.78, 5) is 11.4. The van der Waals surface area contributed by atoms with Crippen LogP contribution in [0, 0.1) is 0 Å². The maximum absolute atomic E-state index is 11.4. The standard InChI is InChI=1S/C18H16ClNO2/c1-11(2)20-10-15(18(21)22)14-8-7-12(9-17(14)20)13-5-3-4-6-16(13)19/h3-11H,1-2H3,(H,21,22). The third kappa shape index (κ3) is 2.38. The Morgan fingerprint density at radius 3 is 2.55 bits per heavy atom. The first-order valence-electron chi connectivity index (χ1n) is 7.12. The topological polar surface area (TPSA) is 42.2 Å². The molecule has 0 saturated carbocycles. The molecule has 0 aliphatic rings. The molecule has 0 atom stereocenters. The molecule has 0 fully saturated rings. The summed E-state index contributed by atoms with van der Waals surface area (Å²) in [7, 11) is 0. The van der Waals surface area contributed by atoms with Crippen molar-refractivity contribution in [1.29, 1.82) is 0 Å². The zero-order valence-corrected chi connectivity index (χ0v) is 13.1. The lowest BCUT2D eigenvalue weighted by Gasteiger charge is -2.11. The minimum absolute atomic E-state index is 0.178. The molecule has 3 nitrogen and oxygen atoms in total. The molecule has 0 radical (unpaired) electrons. The zero-order chi connectivity index (χ0) is 15.9. The molecule has 1 N–H and O–H groups in total. The van der Waals surface area contributed by atoms with E-state index in [2.05, 4.69) is 0 Å². The second-order valence-electron chi connectivity index (χ2n) is 5.56. The summed E-state index contributed by atoms with van der Waals surface area (Å²) in [5, 5.41) is 10.8. The van der Waals surface area contributed by atoms with E-state index in [9.17, 15) is 9.90 Å². The molecular weight excluding hydrogens is 298 g/mol. The number of carboxylic acid groups (broad SMARTS) is 1. The SMILES string of the molecule is CC(C)n1cc(C(=O)O)c2ccc(-c3ccccc3Cl)cc21. The van der Waals surface area contributed by atoms with Crippen molar-refractivity contribution in [2.75, 3.05) is 0 Å². The quantitative estimate of drug-likeness (QED) is 0.718. The fourth-order valence-corrected chi connectivity index (χ4v) is 2.96. The van der Waals surface area contributed by atoms with E-state index in [1.165, 1.54) is 0 Å². The molecule has 112 valence electrons. The molecule has 0 aliphatic heterocycles. The number of nitrogens with zero attached hydrogens (tertiary/aromatic N) is 1. The highest BCUT2D eigenvalue weighted by Gasteiger charge is 2.16. The van der Waals surface area contributed by atoms with Crippen LogP contribution in [-0.2, 0) is 0 Å². The number of halogens is 1. The lowest BCUT2D eigenvalue weighted by molar-refractivity contribution is 0.0699. The molecule has 3 rings (SSSR count). The second kappa shape index (κ2) is 5.50. The number of hydrogen-bond donors (Lipinski definition) is 1. The number of aromatic nitrogens is 1. The van der Waals surface area contributed by atoms with Gasteiger partial charge in [-0.1, -0.05) is 41.9 Å². The highest BCUT2D eigenvalue weighted by Crippen LogP contribution is 2.32. The van der Waals surface area contributed by atoms with Crippen LogP contribution < -0.4 is 0 Å². The number of rotatable bonds is 3. The average molecular weight is 314 g/mol. The Hall–Kier alpha value is -2.26. The summed E-state index contributed by atoms with van der Waals surface area (Å²) in [6.07, 6.45) is 1.70. The minimum Gasteiger partial charge on any atom is -0.478 e. The van der Waals surface area contributed by atoms with Crippen LogP contribution in [0.15, 0.2) is 48.7 Å². The molecule has 1 heterocycles. The van der Waals surface area contributed by atoms with Crippen LogP contribution in [0.25, 0.3) is 22.0 Å². The Kier molecular flexibility index (Phi) is 3.67. The van der Waals surface area contributed by atoms with Crippen LogP contribution in [0.4, 0.5) is 0 Å². The van der Waals surface area contributed by atoms with E-state index in [0.717, 1.165) is 22.0 Å². The summed E-state index contributed by atoms with van der Waals surface area (Å²) in [5.41, 5.74) is 3.16. The Labute approximate surface area is 133 Å². The van der Waals surface area contributed by atoms with Crippen molar-refractivity contribution in [2.45, 2.75) is 19.9 Å². The molecule has 1 aromatic heterocycles. The number of benzene rings is 2. The van der Waals surface area contributed by atoms with Crippen molar-refractivity contribution in [1.82, 2.24) is 4.57 Å². The van der Waals surface area contributed by atoms with Gasteiger partial charge in [0.15, 0.2) is 0 Å². The third-order valence-corrected chi connectivity index (χ3v) is 4.14. The van der Waals surface area contributed by atoms with Crippen LogP contribution in [0.3, 0.4) is 0 Å². The first-order valence-corrected chi connectivity index (χ1v) is 7.49. The van der Waals surface area contributed by atoms with Crippen LogP contribution in [0.5, 0.6) is 0 Å². The van der Waals surface area contributed by atoms with Crippen molar-refractivity contribution in [3.8, 4) is 11.1 Å². The molecular formula is C18H16ClNO2. The Bertz CT molecular complexity index is 865. The van der Waals surface area contributed by atoms with Gasteiger partial charge in [-0.15, -0.1) is 0 Å². The van der Waals surface area contributed by atoms with E-state index in [-0.39, 0.29) is 6.04 Å².